The average molecular weight is 341 g/mol. The number of fused-ring (bicyclic) bond motifs is 5. The summed E-state index contributed by atoms with van der Waals surface area (Å²) in [5.74, 6) is 2.61. The molecule has 0 heterocycles. The minimum Gasteiger partial charge on any atom is -0.497 e. The van der Waals surface area contributed by atoms with Gasteiger partial charge in [0.15, 0.2) is 0 Å². The molecule has 4 atom stereocenters. The largest absolute Gasteiger partial charge is 0.497 e. The molecule has 2 nitrogen and oxygen atoms in total. The molecule has 136 valence electrons. The topological polar surface area (TPSA) is 26.3 Å². The Balaban J connectivity index is 1.83. The quantitative estimate of drug-likeness (QED) is 0.699. The van der Waals surface area contributed by atoms with Gasteiger partial charge in [-0.15, -0.1) is 0 Å². The van der Waals surface area contributed by atoms with Crippen LogP contribution in [-0.2, 0) is 16.6 Å². The van der Waals surface area contributed by atoms with Crippen LogP contribution in [0.2, 0.25) is 0 Å². The van der Waals surface area contributed by atoms with E-state index in [9.17, 15) is 4.79 Å². The van der Waals surface area contributed by atoms with Gasteiger partial charge in [-0.3, -0.25) is 4.79 Å². The van der Waals surface area contributed by atoms with E-state index in [1.54, 1.807) is 12.7 Å². The maximum atomic E-state index is 12.6. The zero-order valence-electron chi connectivity index (χ0n) is 16.7. The summed E-state index contributed by atoms with van der Waals surface area (Å²) in [6.45, 7) is 11.6. The number of ketones is 1. The van der Waals surface area contributed by atoms with Gasteiger partial charge in [0, 0.05) is 11.8 Å². The highest BCUT2D eigenvalue weighted by Gasteiger charge is 2.62. The molecule has 1 aromatic rings. The van der Waals surface area contributed by atoms with E-state index < -0.39 is 0 Å². The van der Waals surface area contributed by atoms with Gasteiger partial charge in [0.05, 0.1) is 7.11 Å². The maximum Gasteiger partial charge on any atom is 0.138 e. The van der Waals surface area contributed by atoms with Crippen molar-refractivity contribution in [1.29, 1.82) is 0 Å². The first-order valence-electron chi connectivity index (χ1n) is 9.86. The van der Waals surface area contributed by atoms with E-state index >= 15 is 0 Å². The first-order chi connectivity index (χ1) is 11.6. The smallest absolute Gasteiger partial charge is 0.138 e. The number of carbonyl (C=O) groups is 1. The molecule has 0 aromatic heterocycles. The molecule has 0 saturated heterocycles. The number of carbonyl (C=O) groups excluding carboxylic acids is 1. The molecule has 2 fully saturated rings. The molecule has 3 aliphatic rings. The van der Waals surface area contributed by atoms with Gasteiger partial charge in [0.1, 0.15) is 11.5 Å². The number of hydrogen-bond donors (Lipinski definition) is 0. The Hall–Kier alpha value is -1.31. The normalized spacial score (nSPS) is 38.7. The zero-order chi connectivity index (χ0) is 18.2. The number of rotatable bonds is 1. The van der Waals surface area contributed by atoms with E-state index in [0.29, 0.717) is 17.6 Å². The van der Waals surface area contributed by atoms with Gasteiger partial charge in [-0.2, -0.15) is 0 Å². The lowest BCUT2D eigenvalue weighted by atomic mass is 9.43. The second kappa shape index (κ2) is 5.11. The van der Waals surface area contributed by atoms with Crippen LogP contribution in [0.15, 0.2) is 12.1 Å². The average Bonchev–Trinajstić information content (AvgIpc) is 2.86. The van der Waals surface area contributed by atoms with Crippen molar-refractivity contribution in [3.8, 4) is 5.75 Å². The monoisotopic (exact) mass is 340 g/mol. The number of methoxy groups -OCH3 is 1. The molecule has 2 heteroatoms. The van der Waals surface area contributed by atoms with Crippen LogP contribution in [0.5, 0.6) is 5.75 Å². The minimum atomic E-state index is -0.171. The molecule has 0 amide bonds. The fourth-order valence-corrected chi connectivity index (χ4v) is 7.25. The van der Waals surface area contributed by atoms with Gasteiger partial charge in [0.25, 0.3) is 0 Å². The van der Waals surface area contributed by atoms with E-state index in [0.717, 1.165) is 25.0 Å². The fraction of sp³-hybridized carbons (Fsp3) is 0.696. The summed E-state index contributed by atoms with van der Waals surface area (Å²) >= 11 is 0. The molecule has 1 unspecified atom stereocenters. The Labute approximate surface area is 152 Å². The number of ether oxygens (including phenoxy) is 1. The lowest BCUT2D eigenvalue weighted by Crippen LogP contribution is -2.57. The molecule has 2 saturated carbocycles. The van der Waals surface area contributed by atoms with Crippen molar-refractivity contribution >= 4 is 5.78 Å². The van der Waals surface area contributed by atoms with Gasteiger partial charge in [-0.1, -0.05) is 27.7 Å². The first kappa shape index (κ1) is 17.1. The highest BCUT2D eigenvalue weighted by Crippen LogP contribution is 2.67. The predicted octanol–water partition coefficient (Wildman–Crippen LogP) is 5.24. The SMILES string of the molecule is COc1cc(C)c2c(c1)C[C@H]1[C@@]2(C)CCC2C(C)(C)C(=O)CC[C@@]21C. The predicted molar refractivity (Wildman–Crippen MR) is 101 cm³/mol. The third-order valence-corrected chi connectivity index (χ3v) is 8.42. The van der Waals surface area contributed by atoms with Crippen LogP contribution in [0.1, 0.15) is 70.1 Å². The van der Waals surface area contributed by atoms with E-state index in [1.165, 1.54) is 24.0 Å². The summed E-state index contributed by atoms with van der Waals surface area (Å²) in [4.78, 5) is 12.6. The Morgan fingerprint density at radius 1 is 1.08 bits per heavy atom. The summed E-state index contributed by atoms with van der Waals surface area (Å²) in [6, 6.07) is 4.47. The fourth-order valence-electron chi connectivity index (χ4n) is 7.25. The molecule has 0 spiro atoms. The van der Waals surface area contributed by atoms with Gasteiger partial charge < -0.3 is 4.74 Å². The molecule has 4 rings (SSSR count). The zero-order valence-corrected chi connectivity index (χ0v) is 16.7. The van der Waals surface area contributed by atoms with Crippen molar-refractivity contribution in [3.05, 3.63) is 28.8 Å². The second-order valence-corrected chi connectivity index (χ2v) is 9.89. The van der Waals surface area contributed by atoms with Crippen LogP contribution in [0.4, 0.5) is 0 Å². The van der Waals surface area contributed by atoms with Crippen molar-refractivity contribution in [1.82, 2.24) is 0 Å². The maximum absolute atomic E-state index is 12.6. The van der Waals surface area contributed by atoms with Crippen LogP contribution >= 0.6 is 0 Å². The Morgan fingerprint density at radius 3 is 2.48 bits per heavy atom. The molecule has 0 bridgehead atoms. The molecule has 25 heavy (non-hydrogen) atoms. The molecular weight excluding hydrogens is 308 g/mol. The van der Waals surface area contributed by atoms with Crippen LogP contribution in [-0.4, -0.2) is 12.9 Å². The minimum absolute atomic E-state index is 0.171. The highest BCUT2D eigenvalue weighted by molar-refractivity contribution is 5.85. The number of benzene rings is 1. The Morgan fingerprint density at radius 2 is 1.80 bits per heavy atom. The summed E-state index contributed by atoms with van der Waals surface area (Å²) in [5.41, 5.74) is 4.77. The second-order valence-electron chi connectivity index (χ2n) is 9.89. The third kappa shape index (κ3) is 2.06. The van der Waals surface area contributed by atoms with E-state index in [1.807, 2.05) is 0 Å². The number of Topliss-reactive ketones (excluding diaryl/α,β-unsaturated/α-hetero) is 1. The standard InChI is InChI=1S/C23H32O2/c1-14-11-16(25-6)12-15-13-18-22(4)10-8-19(24)21(2,3)17(22)7-9-23(18,5)20(14)15/h11-12,17-18H,7-10,13H2,1-6H3/t17?,18-,22+,23-/m1/s1. The van der Waals surface area contributed by atoms with Gasteiger partial charge in [0.2, 0.25) is 0 Å². The molecular formula is C23H32O2. The molecule has 3 aliphatic carbocycles. The molecule has 1 aromatic carbocycles. The lowest BCUT2D eigenvalue weighted by molar-refractivity contribution is -0.151. The van der Waals surface area contributed by atoms with Crippen LogP contribution in [0.3, 0.4) is 0 Å². The van der Waals surface area contributed by atoms with Crippen molar-refractivity contribution in [2.75, 3.05) is 7.11 Å². The summed E-state index contributed by atoms with van der Waals surface area (Å²) in [5, 5.41) is 0. The van der Waals surface area contributed by atoms with Gasteiger partial charge in [-0.25, -0.2) is 0 Å². The van der Waals surface area contributed by atoms with Crippen molar-refractivity contribution in [3.63, 3.8) is 0 Å². The summed E-state index contributed by atoms with van der Waals surface area (Å²) in [6.07, 6.45) is 5.33. The third-order valence-electron chi connectivity index (χ3n) is 8.42. The van der Waals surface area contributed by atoms with Gasteiger partial charge in [-0.05, 0) is 84.1 Å². The van der Waals surface area contributed by atoms with E-state index in [4.69, 9.17) is 4.74 Å². The van der Waals surface area contributed by atoms with Crippen molar-refractivity contribution in [2.24, 2.45) is 22.7 Å². The highest BCUT2D eigenvalue weighted by atomic mass is 16.5. The van der Waals surface area contributed by atoms with Crippen LogP contribution in [0, 0.1) is 29.6 Å². The van der Waals surface area contributed by atoms with Crippen LogP contribution < -0.4 is 4.74 Å². The summed E-state index contributed by atoms with van der Waals surface area (Å²) in [7, 11) is 1.76. The molecule has 0 radical (unpaired) electrons. The lowest BCUT2D eigenvalue weighted by Gasteiger charge is -2.60. The number of aryl methyl sites for hydroxylation is 1. The van der Waals surface area contributed by atoms with E-state index in [-0.39, 0.29) is 16.2 Å². The Kier molecular flexibility index (Phi) is 3.50. The Bertz CT molecular complexity index is 747. The number of hydrogen-bond acceptors (Lipinski definition) is 2. The summed E-state index contributed by atoms with van der Waals surface area (Å²) < 4.78 is 5.54. The van der Waals surface area contributed by atoms with Crippen molar-refractivity contribution < 1.29 is 9.53 Å². The van der Waals surface area contributed by atoms with Gasteiger partial charge >= 0.3 is 0 Å². The molecule has 0 aliphatic heterocycles. The van der Waals surface area contributed by atoms with Crippen LogP contribution in [0.25, 0.3) is 0 Å². The van der Waals surface area contributed by atoms with Crippen molar-refractivity contribution in [2.45, 2.75) is 72.1 Å². The molecule has 0 N–H and O–H groups in total. The first-order valence-corrected chi connectivity index (χ1v) is 9.86. The van der Waals surface area contributed by atoms with E-state index in [2.05, 4.69) is 46.8 Å².